The van der Waals surface area contributed by atoms with E-state index in [9.17, 15) is 4.79 Å². The normalized spacial score (nSPS) is 11.6. The van der Waals surface area contributed by atoms with Crippen LogP contribution >= 0.6 is 11.3 Å². The number of rotatable bonds is 6. The van der Waals surface area contributed by atoms with Crippen LogP contribution in [0, 0.1) is 6.92 Å². The first-order chi connectivity index (χ1) is 16.0. The third kappa shape index (κ3) is 4.79. The Morgan fingerprint density at radius 3 is 2.12 bits per heavy atom. The van der Waals surface area contributed by atoms with Gasteiger partial charge in [-0.3, -0.25) is 15.1 Å². The minimum absolute atomic E-state index is 0.0264. The number of benzene rings is 3. The second-order valence-electron chi connectivity index (χ2n) is 7.54. The summed E-state index contributed by atoms with van der Waals surface area (Å²) in [5.41, 5.74) is 11.2. The largest absolute Gasteiger partial charge is 0.393 e. The van der Waals surface area contributed by atoms with Crippen LogP contribution < -0.4 is 21.9 Å². The highest BCUT2D eigenvalue weighted by Gasteiger charge is 2.19. The van der Waals surface area contributed by atoms with Gasteiger partial charge in [0.05, 0.1) is 22.0 Å². The summed E-state index contributed by atoms with van der Waals surface area (Å²) in [4.78, 5) is 18.6. The maximum absolute atomic E-state index is 13.0. The van der Waals surface area contributed by atoms with Gasteiger partial charge >= 0.3 is 0 Å². The number of thiazole rings is 1. The lowest BCUT2D eigenvalue weighted by molar-refractivity contribution is -0.113. The van der Waals surface area contributed by atoms with E-state index in [1.807, 2.05) is 91.9 Å². The number of para-hydroxylation sites is 1. The Balaban J connectivity index is 1.65. The lowest BCUT2D eigenvalue weighted by Crippen LogP contribution is -2.34. The number of carbonyl (C=O) groups is 1. The van der Waals surface area contributed by atoms with E-state index >= 15 is 0 Å². The van der Waals surface area contributed by atoms with Gasteiger partial charge < -0.3 is 5.73 Å². The van der Waals surface area contributed by atoms with Crippen LogP contribution in [0.15, 0.2) is 96.3 Å². The van der Waals surface area contributed by atoms with Crippen molar-refractivity contribution in [1.29, 1.82) is 0 Å². The third-order valence-corrected chi connectivity index (χ3v) is 6.32. The molecule has 7 heteroatoms. The fourth-order valence-corrected chi connectivity index (χ4v) is 4.41. The van der Waals surface area contributed by atoms with Crippen LogP contribution in [0.25, 0.3) is 21.7 Å². The quantitative estimate of drug-likeness (QED) is 0.208. The van der Waals surface area contributed by atoms with Gasteiger partial charge in [-0.1, -0.05) is 90.2 Å². The Kier molecular flexibility index (Phi) is 6.53. The molecule has 0 unspecified atom stereocenters. The number of nitrogens with zero attached hydrogens (tertiary/aromatic N) is 2. The first-order valence-corrected chi connectivity index (χ1v) is 11.3. The zero-order valence-corrected chi connectivity index (χ0v) is 19.3. The number of carbonyl (C=O) groups excluding carboxylic acids is 1. The highest BCUT2D eigenvalue weighted by molar-refractivity contribution is 7.19. The summed E-state index contributed by atoms with van der Waals surface area (Å²) in [6.45, 7) is 3.67. The standard InChI is InChI=1S/C26H25N5OS/c1-17-11-9-10-16-21(17)31(28)18(2)22(27)25(32)30-26-29-23(19-12-5-3-6-13-19)24(33-26)20-14-7-4-8-15-20/h3-16H,27-28H2,1-2H3,(H,29,30,32)/b22-18-. The molecule has 1 amide bonds. The Labute approximate surface area is 197 Å². The first kappa shape index (κ1) is 22.3. The van der Waals surface area contributed by atoms with E-state index in [0.29, 0.717) is 10.8 Å². The minimum Gasteiger partial charge on any atom is -0.393 e. The molecule has 1 heterocycles. The van der Waals surface area contributed by atoms with Crippen LogP contribution in [0.5, 0.6) is 0 Å². The van der Waals surface area contributed by atoms with E-state index in [2.05, 4.69) is 5.32 Å². The maximum Gasteiger partial charge on any atom is 0.275 e. The van der Waals surface area contributed by atoms with E-state index in [4.69, 9.17) is 16.6 Å². The highest BCUT2D eigenvalue weighted by atomic mass is 32.1. The predicted molar refractivity (Wildman–Crippen MR) is 136 cm³/mol. The number of hydrogen-bond donors (Lipinski definition) is 3. The molecule has 4 rings (SSSR count). The molecule has 0 bridgehead atoms. The van der Waals surface area contributed by atoms with E-state index in [1.165, 1.54) is 16.3 Å². The topological polar surface area (TPSA) is 97.3 Å². The van der Waals surface area contributed by atoms with Crippen molar-refractivity contribution in [3.8, 4) is 21.7 Å². The first-order valence-electron chi connectivity index (χ1n) is 10.5. The van der Waals surface area contributed by atoms with Crippen LogP contribution in [-0.2, 0) is 4.79 Å². The van der Waals surface area contributed by atoms with E-state index in [0.717, 1.165) is 32.9 Å². The van der Waals surface area contributed by atoms with Gasteiger partial charge in [0.15, 0.2) is 5.13 Å². The molecule has 33 heavy (non-hydrogen) atoms. The Hall–Kier alpha value is -3.94. The van der Waals surface area contributed by atoms with Crippen LogP contribution in [0.3, 0.4) is 0 Å². The van der Waals surface area contributed by atoms with Gasteiger partial charge in [0.2, 0.25) is 0 Å². The van der Waals surface area contributed by atoms with Crippen molar-refractivity contribution in [1.82, 2.24) is 4.98 Å². The van der Waals surface area contributed by atoms with Gasteiger partial charge in [-0.25, -0.2) is 10.8 Å². The van der Waals surface area contributed by atoms with Crippen molar-refractivity contribution in [2.24, 2.45) is 11.6 Å². The van der Waals surface area contributed by atoms with E-state index < -0.39 is 5.91 Å². The highest BCUT2D eigenvalue weighted by Crippen LogP contribution is 2.39. The molecule has 0 spiro atoms. The minimum atomic E-state index is -0.454. The van der Waals surface area contributed by atoms with Crippen molar-refractivity contribution >= 4 is 28.1 Å². The van der Waals surface area contributed by atoms with Crippen LogP contribution in [0.1, 0.15) is 12.5 Å². The van der Waals surface area contributed by atoms with Crippen molar-refractivity contribution in [3.63, 3.8) is 0 Å². The fraction of sp³-hybridized carbons (Fsp3) is 0.0769. The summed E-state index contributed by atoms with van der Waals surface area (Å²) in [5, 5.41) is 4.74. The molecule has 0 aliphatic carbocycles. The number of aromatic nitrogens is 1. The molecule has 0 saturated carbocycles. The van der Waals surface area contributed by atoms with E-state index in [-0.39, 0.29) is 5.70 Å². The molecule has 0 saturated heterocycles. The molecule has 0 aliphatic rings. The molecule has 1 aromatic heterocycles. The summed E-state index contributed by atoms with van der Waals surface area (Å²) in [6.07, 6.45) is 0. The number of hydrazine groups is 1. The smallest absolute Gasteiger partial charge is 0.275 e. The molecular weight excluding hydrogens is 430 g/mol. The lowest BCUT2D eigenvalue weighted by Gasteiger charge is -2.22. The molecule has 0 aliphatic heterocycles. The van der Waals surface area contributed by atoms with Crippen molar-refractivity contribution in [3.05, 3.63) is 102 Å². The SMILES string of the molecule is C/C(=C(/N)C(=O)Nc1nc(-c2ccccc2)c(-c2ccccc2)s1)N(N)c1ccccc1C. The molecule has 0 fully saturated rings. The van der Waals surface area contributed by atoms with Crippen LogP contribution in [0.4, 0.5) is 10.8 Å². The number of amides is 1. The van der Waals surface area contributed by atoms with Crippen molar-refractivity contribution in [2.75, 3.05) is 10.3 Å². The molecular formula is C26H25N5OS. The Bertz CT molecular complexity index is 1240. The molecule has 0 atom stereocenters. The number of nitrogens with one attached hydrogen (secondary N) is 1. The lowest BCUT2D eigenvalue weighted by atomic mass is 10.1. The van der Waals surface area contributed by atoms with Gasteiger partial charge in [0, 0.05) is 5.56 Å². The van der Waals surface area contributed by atoms with Gasteiger partial charge in [-0.2, -0.15) is 0 Å². The van der Waals surface area contributed by atoms with Gasteiger partial charge in [0.25, 0.3) is 5.91 Å². The Morgan fingerprint density at radius 2 is 1.48 bits per heavy atom. The maximum atomic E-state index is 13.0. The molecule has 5 N–H and O–H groups in total. The average molecular weight is 456 g/mol. The van der Waals surface area contributed by atoms with Gasteiger partial charge in [0.1, 0.15) is 5.70 Å². The van der Waals surface area contributed by atoms with Crippen molar-refractivity contribution in [2.45, 2.75) is 13.8 Å². The number of aryl methyl sites for hydroxylation is 1. The van der Waals surface area contributed by atoms with Crippen molar-refractivity contribution < 1.29 is 4.79 Å². The zero-order valence-electron chi connectivity index (χ0n) is 18.4. The van der Waals surface area contributed by atoms with Gasteiger partial charge in [-0.05, 0) is 31.0 Å². The summed E-state index contributed by atoms with van der Waals surface area (Å²) >= 11 is 1.41. The summed E-state index contributed by atoms with van der Waals surface area (Å²) in [6, 6.07) is 27.5. The molecule has 0 radical (unpaired) electrons. The molecule has 6 nitrogen and oxygen atoms in total. The second-order valence-corrected chi connectivity index (χ2v) is 8.54. The third-order valence-electron chi connectivity index (χ3n) is 5.30. The molecule has 4 aromatic rings. The second kappa shape index (κ2) is 9.68. The van der Waals surface area contributed by atoms with Crippen LogP contribution in [0.2, 0.25) is 0 Å². The monoisotopic (exact) mass is 455 g/mol. The number of nitrogens with two attached hydrogens (primary N) is 2. The fourth-order valence-electron chi connectivity index (χ4n) is 3.42. The predicted octanol–water partition coefficient (Wildman–Crippen LogP) is 5.29. The average Bonchev–Trinajstić information content (AvgIpc) is 3.28. The number of anilines is 2. The van der Waals surface area contributed by atoms with Gasteiger partial charge in [-0.15, -0.1) is 0 Å². The summed E-state index contributed by atoms with van der Waals surface area (Å²) in [7, 11) is 0. The van der Waals surface area contributed by atoms with Crippen LogP contribution in [-0.4, -0.2) is 10.9 Å². The zero-order chi connectivity index (χ0) is 23.4. The van der Waals surface area contributed by atoms with E-state index in [1.54, 1.807) is 6.92 Å². The summed E-state index contributed by atoms with van der Waals surface area (Å²) in [5.74, 6) is 5.80. The Morgan fingerprint density at radius 1 is 0.909 bits per heavy atom. The summed E-state index contributed by atoms with van der Waals surface area (Å²) < 4.78 is 0. The number of hydrogen-bond acceptors (Lipinski definition) is 6. The molecule has 3 aromatic carbocycles. The molecule has 166 valence electrons. The number of allylic oxidation sites excluding steroid dienone is 1.